The van der Waals surface area contributed by atoms with Gasteiger partial charge in [0.2, 0.25) is 0 Å². The van der Waals surface area contributed by atoms with Gasteiger partial charge in [-0.2, -0.15) is 4.99 Å². The maximum absolute atomic E-state index is 12.4. The molecule has 0 saturated carbocycles. The van der Waals surface area contributed by atoms with E-state index < -0.39 is 9.84 Å². The second-order valence-corrected chi connectivity index (χ2v) is 10.9. The van der Waals surface area contributed by atoms with Crippen LogP contribution in [0.5, 0.6) is 0 Å². The molecule has 1 amide bonds. The summed E-state index contributed by atoms with van der Waals surface area (Å²) in [5.41, 5.74) is 1.08. The molecule has 1 aromatic heterocycles. The average Bonchev–Trinajstić information content (AvgIpc) is 3.26. The van der Waals surface area contributed by atoms with Gasteiger partial charge in [-0.3, -0.25) is 4.79 Å². The molecule has 2 saturated heterocycles. The van der Waals surface area contributed by atoms with Crippen LogP contribution < -0.4 is 0 Å². The number of carbonyl (C=O) groups excluding carboxylic acids is 1. The highest BCUT2D eigenvalue weighted by Crippen LogP contribution is 2.39. The highest BCUT2D eigenvalue weighted by atomic mass is 32.2. The molecule has 26 heavy (non-hydrogen) atoms. The van der Waals surface area contributed by atoms with Crippen molar-refractivity contribution in [3.8, 4) is 0 Å². The number of nitrogens with zero attached hydrogens (tertiary/aromatic N) is 2. The Morgan fingerprint density at radius 3 is 2.69 bits per heavy atom. The van der Waals surface area contributed by atoms with Crippen molar-refractivity contribution in [1.82, 2.24) is 4.90 Å². The Kier molecular flexibility index (Phi) is 4.90. The van der Waals surface area contributed by atoms with Crippen molar-refractivity contribution in [2.24, 2.45) is 4.99 Å². The van der Waals surface area contributed by atoms with Crippen LogP contribution in [-0.2, 0) is 27.6 Å². The lowest BCUT2D eigenvalue weighted by molar-refractivity contribution is -0.117. The van der Waals surface area contributed by atoms with Gasteiger partial charge in [0, 0.05) is 16.7 Å². The quantitative estimate of drug-likeness (QED) is 0.781. The Balaban J connectivity index is 1.58. The summed E-state index contributed by atoms with van der Waals surface area (Å²) in [4.78, 5) is 19.7. The summed E-state index contributed by atoms with van der Waals surface area (Å²) in [5, 5.41) is 2.55. The fourth-order valence-corrected chi connectivity index (χ4v) is 7.97. The maximum Gasteiger partial charge on any atom is 0.253 e. The number of sulfone groups is 1. The van der Waals surface area contributed by atoms with Crippen molar-refractivity contribution in [2.75, 3.05) is 11.5 Å². The summed E-state index contributed by atoms with van der Waals surface area (Å²) >= 11 is 2.97. The molecule has 3 heterocycles. The lowest BCUT2D eigenvalue weighted by atomic mass is 10.1. The molecule has 2 atom stereocenters. The molecule has 4 rings (SSSR count). The number of rotatable bonds is 4. The summed E-state index contributed by atoms with van der Waals surface area (Å²) in [5.74, 6) is 0.109. The third-order valence-electron chi connectivity index (χ3n) is 4.50. The van der Waals surface area contributed by atoms with Gasteiger partial charge in [-0.05, 0) is 17.0 Å². The van der Waals surface area contributed by atoms with Crippen LogP contribution in [0.1, 0.15) is 10.4 Å². The number of thiophene rings is 1. The van der Waals surface area contributed by atoms with Crippen molar-refractivity contribution in [3.63, 3.8) is 0 Å². The number of hydrogen-bond acceptors (Lipinski definition) is 5. The van der Waals surface area contributed by atoms with Crippen molar-refractivity contribution < 1.29 is 13.2 Å². The largest absolute Gasteiger partial charge is 0.342 e. The highest BCUT2D eigenvalue weighted by molar-refractivity contribution is 8.15. The molecule has 0 spiro atoms. The SMILES string of the molecule is O=C(Cc1cccs1)N=C1S[C@H]2CS(=O)(=O)C[C@H]2N1Cc1ccccc1. The molecule has 0 radical (unpaired) electrons. The molecule has 2 aliphatic rings. The average molecular weight is 407 g/mol. The van der Waals surface area contributed by atoms with Crippen molar-refractivity contribution >= 4 is 44.0 Å². The van der Waals surface area contributed by atoms with Crippen LogP contribution >= 0.6 is 23.1 Å². The zero-order valence-electron chi connectivity index (χ0n) is 13.9. The minimum absolute atomic E-state index is 0.0444. The van der Waals surface area contributed by atoms with E-state index in [2.05, 4.69) is 4.99 Å². The molecule has 8 heteroatoms. The van der Waals surface area contributed by atoms with Gasteiger partial charge in [0.05, 0.1) is 24.0 Å². The minimum Gasteiger partial charge on any atom is -0.342 e. The maximum atomic E-state index is 12.4. The third kappa shape index (κ3) is 3.87. The standard InChI is InChI=1S/C18H18N2O3S3/c21-17(9-14-7-4-8-24-14)19-18-20(10-13-5-2-1-3-6-13)15-11-26(22,23)12-16(15)25-18/h1-8,15-16H,9-12H2/t15-,16+/m1/s1. The smallest absolute Gasteiger partial charge is 0.253 e. The van der Waals surface area contributed by atoms with E-state index in [1.54, 1.807) is 0 Å². The first-order chi connectivity index (χ1) is 12.5. The van der Waals surface area contributed by atoms with E-state index in [0.717, 1.165) is 10.4 Å². The molecule has 0 bridgehead atoms. The van der Waals surface area contributed by atoms with Gasteiger partial charge < -0.3 is 4.90 Å². The van der Waals surface area contributed by atoms with Crippen LogP contribution in [0.4, 0.5) is 0 Å². The van der Waals surface area contributed by atoms with Crippen molar-refractivity contribution in [1.29, 1.82) is 0 Å². The monoisotopic (exact) mass is 406 g/mol. The molecule has 0 N–H and O–H groups in total. The number of thioether (sulfide) groups is 1. The van der Waals surface area contributed by atoms with E-state index in [4.69, 9.17) is 0 Å². The third-order valence-corrected chi connectivity index (χ3v) is 8.62. The van der Waals surface area contributed by atoms with Crippen molar-refractivity contribution in [3.05, 3.63) is 58.3 Å². The number of aliphatic imine (C=N–C) groups is 1. The number of carbonyl (C=O) groups is 1. The molecule has 0 aliphatic carbocycles. The Morgan fingerprint density at radius 1 is 1.15 bits per heavy atom. The van der Waals surface area contributed by atoms with Crippen LogP contribution in [0.15, 0.2) is 52.8 Å². The van der Waals surface area contributed by atoms with E-state index in [1.165, 1.54) is 23.1 Å². The Bertz CT molecular complexity index is 924. The molecule has 2 aromatic rings. The fourth-order valence-electron chi connectivity index (χ4n) is 3.31. The zero-order valence-corrected chi connectivity index (χ0v) is 16.4. The molecule has 2 aliphatic heterocycles. The summed E-state index contributed by atoms with van der Waals surface area (Å²) in [6, 6.07) is 13.6. The van der Waals surface area contributed by atoms with E-state index >= 15 is 0 Å². The molecular weight excluding hydrogens is 388 g/mol. The molecule has 5 nitrogen and oxygen atoms in total. The van der Waals surface area contributed by atoms with Crippen LogP contribution in [-0.4, -0.2) is 47.2 Å². The molecule has 2 fully saturated rings. The predicted molar refractivity (Wildman–Crippen MR) is 106 cm³/mol. The Morgan fingerprint density at radius 2 is 1.96 bits per heavy atom. The van der Waals surface area contributed by atoms with E-state index in [-0.39, 0.29) is 35.1 Å². The van der Waals surface area contributed by atoms with Gasteiger partial charge in [-0.1, -0.05) is 48.2 Å². The number of hydrogen-bond donors (Lipinski definition) is 0. The summed E-state index contributed by atoms with van der Waals surface area (Å²) in [7, 11) is -3.02. The number of amidine groups is 1. The highest BCUT2D eigenvalue weighted by Gasteiger charge is 2.48. The second kappa shape index (κ2) is 7.17. The predicted octanol–water partition coefficient (Wildman–Crippen LogP) is 2.59. The van der Waals surface area contributed by atoms with Crippen LogP contribution in [0.2, 0.25) is 0 Å². The normalized spacial score (nSPS) is 25.5. The fraction of sp³-hybridized carbons (Fsp3) is 0.333. The number of amides is 1. The van der Waals surface area contributed by atoms with E-state index in [1.807, 2.05) is 52.7 Å². The topological polar surface area (TPSA) is 66.8 Å². The lowest BCUT2D eigenvalue weighted by Gasteiger charge is -2.24. The Hall–Kier alpha value is -1.64. The van der Waals surface area contributed by atoms with Gasteiger partial charge in [0.1, 0.15) is 0 Å². The first kappa shape index (κ1) is 17.8. The number of benzene rings is 1. The number of fused-ring (bicyclic) bond motifs is 1. The van der Waals surface area contributed by atoms with Gasteiger partial charge in [0.25, 0.3) is 5.91 Å². The lowest BCUT2D eigenvalue weighted by Crippen LogP contribution is -2.37. The summed E-state index contributed by atoms with van der Waals surface area (Å²) in [6.45, 7) is 0.565. The zero-order chi connectivity index (χ0) is 18.1. The van der Waals surface area contributed by atoms with Gasteiger partial charge in [-0.15, -0.1) is 11.3 Å². The van der Waals surface area contributed by atoms with Crippen molar-refractivity contribution in [2.45, 2.75) is 24.3 Å². The molecule has 1 aromatic carbocycles. The van der Waals surface area contributed by atoms with E-state index in [9.17, 15) is 13.2 Å². The minimum atomic E-state index is -3.02. The van der Waals surface area contributed by atoms with Crippen LogP contribution in [0, 0.1) is 0 Å². The second-order valence-electron chi connectivity index (χ2n) is 6.46. The first-order valence-corrected chi connectivity index (χ1v) is 11.9. The van der Waals surface area contributed by atoms with Crippen LogP contribution in [0.3, 0.4) is 0 Å². The van der Waals surface area contributed by atoms with E-state index in [0.29, 0.717) is 11.7 Å². The molecular formula is C18H18N2O3S3. The molecule has 136 valence electrons. The Labute approximate surface area is 161 Å². The molecule has 0 unspecified atom stereocenters. The van der Waals surface area contributed by atoms with Gasteiger partial charge in [-0.25, -0.2) is 8.42 Å². The van der Waals surface area contributed by atoms with Gasteiger partial charge in [0.15, 0.2) is 15.0 Å². The summed E-state index contributed by atoms with van der Waals surface area (Å²) < 4.78 is 24.1. The first-order valence-electron chi connectivity index (χ1n) is 8.32. The summed E-state index contributed by atoms with van der Waals surface area (Å²) in [6.07, 6.45) is 0.286. The van der Waals surface area contributed by atoms with Gasteiger partial charge >= 0.3 is 0 Å². The van der Waals surface area contributed by atoms with Crippen LogP contribution in [0.25, 0.3) is 0 Å².